The fourth-order valence-electron chi connectivity index (χ4n) is 5.79. The van der Waals surface area contributed by atoms with Crippen LogP contribution in [0.3, 0.4) is 0 Å². The lowest BCUT2D eigenvalue weighted by Crippen LogP contribution is -2.11. The molecule has 0 saturated carbocycles. The first-order valence-corrected chi connectivity index (χ1v) is 18.5. The van der Waals surface area contributed by atoms with Gasteiger partial charge in [-0.15, -0.1) is 0 Å². The SMILES string of the molecule is FC(F)(F)c1cc([SH](c2ccccc2)c2ccc(-c3ccc([SH](c4ccccc4)c4cc(C(F)(F)F)cc(C(F)(F)F)c4)cc3)cc2)cc(C(F)(F)F)c1. The topological polar surface area (TPSA) is 0 Å². The highest BCUT2D eigenvalue weighted by Gasteiger charge is 2.39. The Balaban J connectivity index is 1.40. The summed E-state index contributed by atoms with van der Waals surface area (Å²) in [5, 5.41) is 0. The maximum Gasteiger partial charge on any atom is 0.416 e. The van der Waals surface area contributed by atoms with E-state index in [1.807, 2.05) is 0 Å². The fraction of sp³-hybridized carbons (Fsp3) is 0.100. The van der Waals surface area contributed by atoms with Gasteiger partial charge in [-0.1, -0.05) is 60.7 Å². The van der Waals surface area contributed by atoms with Crippen LogP contribution >= 0.6 is 21.8 Å². The number of hydrogen-bond acceptors (Lipinski definition) is 0. The van der Waals surface area contributed by atoms with Gasteiger partial charge in [0.15, 0.2) is 0 Å². The van der Waals surface area contributed by atoms with Crippen LogP contribution in [-0.2, 0) is 24.7 Å². The van der Waals surface area contributed by atoms with E-state index in [-0.39, 0.29) is 21.9 Å². The van der Waals surface area contributed by atoms with E-state index in [1.54, 1.807) is 109 Å². The molecule has 0 heterocycles. The highest BCUT2D eigenvalue weighted by molar-refractivity contribution is 8.17. The van der Waals surface area contributed by atoms with Crippen LogP contribution in [0.1, 0.15) is 22.3 Å². The van der Waals surface area contributed by atoms with Crippen molar-refractivity contribution in [3.63, 3.8) is 0 Å². The predicted octanol–water partition coefficient (Wildman–Crippen LogP) is 14.4. The highest BCUT2D eigenvalue weighted by Crippen LogP contribution is 2.55. The largest absolute Gasteiger partial charge is 0.416 e. The lowest BCUT2D eigenvalue weighted by atomic mass is 10.1. The molecular formula is C40H26F12S2. The zero-order chi connectivity index (χ0) is 39.1. The summed E-state index contributed by atoms with van der Waals surface area (Å²) in [5.74, 6) is 0. The molecule has 6 aromatic carbocycles. The summed E-state index contributed by atoms with van der Waals surface area (Å²) < 4.78 is 166. The van der Waals surface area contributed by atoms with E-state index in [1.165, 1.54) is 0 Å². The van der Waals surface area contributed by atoms with Crippen molar-refractivity contribution >= 4 is 21.8 Å². The van der Waals surface area contributed by atoms with E-state index in [9.17, 15) is 52.7 Å². The second-order valence-electron chi connectivity index (χ2n) is 12.0. The Bertz CT molecular complexity index is 1980. The monoisotopic (exact) mass is 798 g/mol. The first kappa shape index (κ1) is 38.9. The minimum atomic E-state index is -5.04. The molecule has 14 heteroatoms. The maximum absolute atomic E-state index is 13.8. The standard InChI is InChI=1S/C40H26F12S2/c41-37(42,43)27-19-28(38(44,45)46)22-35(21-27)53(31-7-3-1-4-8-31)33-15-11-25(12-16-33)26-13-17-34(18-14-26)54(32-9-5-2-6-10-32)36-23-29(39(47,48)49)20-30(24-36)40(50,51)52/h1-24,53-54H. The molecule has 6 aromatic rings. The van der Waals surface area contributed by atoms with Crippen LogP contribution in [0.2, 0.25) is 0 Å². The van der Waals surface area contributed by atoms with Gasteiger partial charge in [0.25, 0.3) is 0 Å². The van der Waals surface area contributed by atoms with Crippen molar-refractivity contribution in [1.29, 1.82) is 0 Å². The molecule has 2 unspecified atom stereocenters. The Morgan fingerprint density at radius 1 is 0.259 bits per heavy atom. The molecule has 0 aliphatic rings. The number of halogens is 12. The third kappa shape index (κ3) is 8.76. The molecule has 0 aliphatic carbocycles. The minimum absolute atomic E-state index is 0.0840. The van der Waals surface area contributed by atoms with Gasteiger partial charge in [0, 0.05) is 0 Å². The molecular weight excluding hydrogens is 773 g/mol. The molecule has 54 heavy (non-hydrogen) atoms. The molecule has 0 spiro atoms. The Labute approximate surface area is 306 Å². The first-order chi connectivity index (χ1) is 25.3. The van der Waals surface area contributed by atoms with Crippen LogP contribution in [0.4, 0.5) is 52.7 Å². The molecule has 0 aromatic heterocycles. The first-order valence-electron chi connectivity index (χ1n) is 15.8. The maximum atomic E-state index is 13.8. The Kier molecular flexibility index (Phi) is 10.6. The van der Waals surface area contributed by atoms with Gasteiger partial charge in [-0.3, -0.25) is 0 Å². The smallest absolute Gasteiger partial charge is 0.173 e. The summed E-state index contributed by atoms with van der Waals surface area (Å²) in [6.07, 6.45) is -20.1. The van der Waals surface area contributed by atoms with E-state index in [0.29, 0.717) is 30.7 Å². The zero-order valence-corrected chi connectivity index (χ0v) is 29.1. The average Bonchev–Trinajstić information content (AvgIpc) is 3.12. The van der Waals surface area contributed by atoms with Crippen LogP contribution in [0.5, 0.6) is 0 Å². The summed E-state index contributed by atoms with van der Waals surface area (Å²) in [5.41, 5.74) is -4.53. The highest BCUT2D eigenvalue weighted by atomic mass is 32.2. The Hall–Kier alpha value is -4.82. The molecule has 0 aliphatic heterocycles. The molecule has 0 N–H and O–H groups in total. The average molecular weight is 799 g/mol. The third-order valence-electron chi connectivity index (χ3n) is 8.27. The Morgan fingerprint density at radius 3 is 0.741 bits per heavy atom. The normalized spacial score (nSPS) is 14.4. The van der Waals surface area contributed by atoms with E-state index >= 15 is 0 Å². The van der Waals surface area contributed by atoms with Gasteiger partial charge in [-0.2, -0.15) is 74.5 Å². The second kappa shape index (κ2) is 14.8. The van der Waals surface area contributed by atoms with E-state index in [0.717, 1.165) is 24.3 Å². The molecule has 0 fully saturated rings. The van der Waals surface area contributed by atoms with Gasteiger partial charge in [0.1, 0.15) is 0 Å². The van der Waals surface area contributed by atoms with Crippen LogP contribution in [0, 0.1) is 0 Å². The van der Waals surface area contributed by atoms with Gasteiger partial charge < -0.3 is 0 Å². The van der Waals surface area contributed by atoms with Gasteiger partial charge >= 0.3 is 24.7 Å². The van der Waals surface area contributed by atoms with Crippen molar-refractivity contribution < 1.29 is 52.7 Å². The fourth-order valence-corrected chi connectivity index (χ4v) is 10.5. The Morgan fingerprint density at radius 2 is 0.500 bits per heavy atom. The number of rotatable bonds is 7. The van der Waals surface area contributed by atoms with E-state index in [4.69, 9.17) is 0 Å². The number of benzene rings is 6. The number of thiol groups is 2. The van der Waals surface area contributed by atoms with Crippen molar-refractivity contribution in [2.45, 2.75) is 54.1 Å². The molecule has 2 atom stereocenters. The van der Waals surface area contributed by atoms with Crippen molar-refractivity contribution in [1.82, 2.24) is 0 Å². The second-order valence-corrected chi connectivity index (χ2v) is 16.4. The predicted molar refractivity (Wildman–Crippen MR) is 185 cm³/mol. The zero-order valence-electron chi connectivity index (χ0n) is 27.3. The molecule has 0 saturated heterocycles. The van der Waals surface area contributed by atoms with Crippen LogP contribution in [0.15, 0.2) is 175 Å². The molecule has 0 radical (unpaired) electrons. The lowest BCUT2D eigenvalue weighted by molar-refractivity contribution is -0.145. The van der Waals surface area contributed by atoms with E-state index < -0.39 is 68.7 Å². The molecule has 282 valence electrons. The quantitative estimate of drug-likeness (QED) is 0.117. The van der Waals surface area contributed by atoms with Gasteiger partial charge in [-0.25, -0.2) is 0 Å². The van der Waals surface area contributed by atoms with Crippen LogP contribution < -0.4 is 0 Å². The molecule has 0 amide bonds. The lowest BCUT2D eigenvalue weighted by Gasteiger charge is -2.26. The van der Waals surface area contributed by atoms with Crippen molar-refractivity contribution in [3.05, 3.63) is 168 Å². The van der Waals surface area contributed by atoms with Crippen molar-refractivity contribution in [3.8, 4) is 11.1 Å². The van der Waals surface area contributed by atoms with Crippen LogP contribution in [0.25, 0.3) is 11.1 Å². The summed E-state index contributed by atoms with van der Waals surface area (Å²) >= 11 is 0. The number of hydrogen-bond donors (Lipinski definition) is 2. The summed E-state index contributed by atoms with van der Waals surface area (Å²) in [4.78, 5) is 1.62. The molecule has 6 rings (SSSR count). The summed E-state index contributed by atoms with van der Waals surface area (Å²) in [6.45, 7) is 0. The summed E-state index contributed by atoms with van der Waals surface area (Å²) in [7, 11) is -3.80. The van der Waals surface area contributed by atoms with Gasteiger partial charge in [-0.05, 0) is 125 Å². The van der Waals surface area contributed by atoms with Crippen molar-refractivity contribution in [2.75, 3.05) is 0 Å². The number of alkyl halides is 12. The van der Waals surface area contributed by atoms with Crippen molar-refractivity contribution in [2.24, 2.45) is 0 Å². The van der Waals surface area contributed by atoms with Gasteiger partial charge in [0.05, 0.1) is 22.3 Å². The minimum Gasteiger partial charge on any atom is -0.173 e. The molecule has 0 nitrogen and oxygen atoms in total. The summed E-state index contributed by atoms with van der Waals surface area (Å²) in [6, 6.07) is 32.4. The van der Waals surface area contributed by atoms with Crippen LogP contribution in [-0.4, -0.2) is 0 Å². The van der Waals surface area contributed by atoms with E-state index in [2.05, 4.69) is 0 Å². The third-order valence-corrected chi connectivity index (χ3v) is 13.1. The van der Waals surface area contributed by atoms with Gasteiger partial charge in [0.2, 0.25) is 0 Å². The molecule has 0 bridgehead atoms.